The molecule has 0 aliphatic rings. The monoisotopic (exact) mass is 293 g/mol. The molecule has 0 saturated heterocycles. The van der Waals surface area contributed by atoms with Crippen LogP contribution in [0.5, 0.6) is 0 Å². The molecule has 2 unspecified atom stereocenters. The van der Waals surface area contributed by atoms with E-state index < -0.39 is 6.10 Å². The van der Waals surface area contributed by atoms with Crippen LogP contribution in [0.15, 0.2) is 24.3 Å². The van der Waals surface area contributed by atoms with E-state index in [0.29, 0.717) is 19.5 Å². The van der Waals surface area contributed by atoms with Crippen molar-refractivity contribution in [2.45, 2.75) is 64.6 Å². The molecule has 3 nitrogen and oxygen atoms in total. The quantitative estimate of drug-likeness (QED) is 0.549. The number of aliphatic hydroxyl groups excluding tert-OH is 2. The first kappa shape index (κ1) is 18.1. The molecule has 0 radical (unpaired) electrons. The predicted molar refractivity (Wildman–Crippen MR) is 88.4 cm³/mol. The maximum Gasteiger partial charge on any atom is 0.0802 e. The summed E-state index contributed by atoms with van der Waals surface area (Å²) in [6.07, 6.45) is 6.17. The Kier molecular flexibility index (Phi) is 9.31. The summed E-state index contributed by atoms with van der Waals surface area (Å²) in [4.78, 5) is 0. The highest BCUT2D eigenvalue weighted by Crippen LogP contribution is 2.17. The van der Waals surface area contributed by atoms with E-state index >= 15 is 0 Å². The van der Waals surface area contributed by atoms with E-state index in [0.717, 1.165) is 12.0 Å². The fourth-order valence-corrected chi connectivity index (χ4v) is 2.38. The summed E-state index contributed by atoms with van der Waals surface area (Å²) < 4.78 is 0. The van der Waals surface area contributed by atoms with E-state index in [9.17, 15) is 5.11 Å². The molecule has 0 aromatic heterocycles. The van der Waals surface area contributed by atoms with Gasteiger partial charge in [-0.05, 0) is 43.9 Å². The van der Waals surface area contributed by atoms with Crippen LogP contribution in [0.2, 0.25) is 0 Å². The summed E-state index contributed by atoms with van der Waals surface area (Å²) in [6, 6.07) is 8.34. The van der Waals surface area contributed by atoms with Gasteiger partial charge in [-0.15, -0.1) is 0 Å². The lowest BCUT2D eigenvalue weighted by Gasteiger charge is -2.13. The Bertz CT molecular complexity index is 362. The summed E-state index contributed by atoms with van der Waals surface area (Å²) >= 11 is 0. The average molecular weight is 293 g/mol. The summed E-state index contributed by atoms with van der Waals surface area (Å²) in [6.45, 7) is 5.27. The molecular formula is C18H31NO2. The third-order valence-corrected chi connectivity index (χ3v) is 3.72. The summed E-state index contributed by atoms with van der Waals surface area (Å²) in [5.74, 6) is 0. The van der Waals surface area contributed by atoms with Crippen molar-refractivity contribution in [2.24, 2.45) is 0 Å². The van der Waals surface area contributed by atoms with E-state index in [-0.39, 0.29) is 6.10 Å². The number of rotatable bonds is 11. The van der Waals surface area contributed by atoms with Crippen LogP contribution in [0.1, 0.15) is 63.2 Å². The molecule has 0 saturated carbocycles. The number of hydrogen-bond donors (Lipinski definition) is 3. The molecule has 3 heteroatoms. The van der Waals surface area contributed by atoms with Gasteiger partial charge in [-0.1, -0.05) is 50.5 Å². The third kappa shape index (κ3) is 8.20. The normalized spacial score (nSPS) is 14.1. The minimum Gasteiger partial charge on any atom is -0.392 e. The first-order valence-electron chi connectivity index (χ1n) is 8.29. The second-order valence-corrected chi connectivity index (χ2v) is 5.91. The van der Waals surface area contributed by atoms with Crippen molar-refractivity contribution in [1.29, 1.82) is 0 Å². The summed E-state index contributed by atoms with van der Waals surface area (Å²) in [7, 11) is 0. The smallest absolute Gasteiger partial charge is 0.0802 e. The first-order valence-corrected chi connectivity index (χ1v) is 8.29. The van der Waals surface area contributed by atoms with Crippen LogP contribution in [-0.2, 0) is 6.42 Å². The molecule has 0 amide bonds. The largest absolute Gasteiger partial charge is 0.392 e. The van der Waals surface area contributed by atoms with E-state index in [4.69, 9.17) is 5.11 Å². The lowest BCUT2D eigenvalue weighted by Crippen LogP contribution is -2.26. The van der Waals surface area contributed by atoms with Gasteiger partial charge in [0.1, 0.15) is 0 Å². The summed E-state index contributed by atoms with van der Waals surface area (Å²) in [5, 5.41) is 22.4. The van der Waals surface area contributed by atoms with E-state index in [1.165, 1.54) is 31.2 Å². The Balaban J connectivity index is 2.28. The molecule has 0 bridgehead atoms. The second-order valence-electron chi connectivity index (χ2n) is 5.91. The zero-order valence-corrected chi connectivity index (χ0v) is 13.5. The molecule has 3 N–H and O–H groups in total. The highest BCUT2D eigenvalue weighted by atomic mass is 16.3. The van der Waals surface area contributed by atoms with Gasteiger partial charge in [0.05, 0.1) is 12.2 Å². The van der Waals surface area contributed by atoms with Crippen molar-refractivity contribution < 1.29 is 10.2 Å². The van der Waals surface area contributed by atoms with Gasteiger partial charge in [-0.25, -0.2) is 0 Å². The van der Waals surface area contributed by atoms with Gasteiger partial charge in [0.25, 0.3) is 0 Å². The number of aliphatic hydroxyl groups is 2. The molecule has 1 aromatic carbocycles. The first-order chi connectivity index (χ1) is 10.1. The highest BCUT2D eigenvalue weighted by Gasteiger charge is 2.07. The van der Waals surface area contributed by atoms with Crippen LogP contribution in [-0.4, -0.2) is 29.4 Å². The van der Waals surface area contributed by atoms with Crippen LogP contribution < -0.4 is 5.32 Å². The maximum absolute atomic E-state index is 10.1. The zero-order chi connectivity index (χ0) is 15.5. The molecular weight excluding hydrogens is 262 g/mol. The second kappa shape index (κ2) is 10.8. The van der Waals surface area contributed by atoms with Gasteiger partial charge >= 0.3 is 0 Å². The van der Waals surface area contributed by atoms with E-state index in [2.05, 4.69) is 24.4 Å². The number of unbranched alkanes of at least 4 members (excludes halogenated alkanes) is 3. The van der Waals surface area contributed by atoms with Crippen LogP contribution in [0.4, 0.5) is 0 Å². The molecule has 0 aliphatic heterocycles. The number of nitrogens with one attached hydrogen (secondary N) is 1. The van der Waals surface area contributed by atoms with Gasteiger partial charge in [0.2, 0.25) is 0 Å². The minimum absolute atomic E-state index is 0.339. The van der Waals surface area contributed by atoms with Crippen molar-refractivity contribution in [3.05, 3.63) is 35.4 Å². The SMILES string of the molecule is CCCCCCc1ccc(C(O)CCNCC(C)O)cc1. The fourth-order valence-electron chi connectivity index (χ4n) is 2.38. The fraction of sp³-hybridized carbons (Fsp3) is 0.667. The number of aryl methyl sites for hydroxylation is 1. The molecule has 0 aliphatic carbocycles. The molecule has 0 heterocycles. The van der Waals surface area contributed by atoms with Gasteiger partial charge < -0.3 is 15.5 Å². The Morgan fingerprint density at radius 1 is 1.05 bits per heavy atom. The topological polar surface area (TPSA) is 52.5 Å². The number of benzene rings is 1. The molecule has 120 valence electrons. The standard InChI is InChI=1S/C18H31NO2/c1-3-4-5-6-7-16-8-10-17(11-9-16)18(21)12-13-19-14-15(2)20/h8-11,15,18-21H,3-7,12-14H2,1-2H3. The predicted octanol–water partition coefficient (Wildman–Crippen LogP) is 3.20. The molecule has 21 heavy (non-hydrogen) atoms. The molecule has 1 aromatic rings. The van der Waals surface area contributed by atoms with Crippen molar-refractivity contribution in [1.82, 2.24) is 5.32 Å². The van der Waals surface area contributed by atoms with E-state index in [1.54, 1.807) is 6.92 Å². The Morgan fingerprint density at radius 2 is 1.76 bits per heavy atom. The molecule has 0 fully saturated rings. The minimum atomic E-state index is -0.430. The summed E-state index contributed by atoms with van der Waals surface area (Å²) in [5.41, 5.74) is 2.33. The molecule has 2 atom stereocenters. The van der Waals surface area contributed by atoms with Crippen molar-refractivity contribution >= 4 is 0 Å². The lowest BCUT2D eigenvalue weighted by atomic mass is 10.0. The van der Waals surface area contributed by atoms with Crippen LogP contribution >= 0.6 is 0 Å². The van der Waals surface area contributed by atoms with Gasteiger partial charge in [0.15, 0.2) is 0 Å². The zero-order valence-electron chi connectivity index (χ0n) is 13.5. The van der Waals surface area contributed by atoms with E-state index in [1.807, 2.05) is 12.1 Å². The lowest BCUT2D eigenvalue weighted by molar-refractivity contribution is 0.159. The average Bonchev–Trinajstić information content (AvgIpc) is 2.48. The van der Waals surface area contributed by atoms with Crippen molar-refractivity contribution in [3.63, 3.8) is 0 Å². The Labute approximate surface area is 129 Å². The van der Waals surface area contributed by atoms with Gasteiger partial charge in [0, 0.05) is 6.54 Å². The van der Waals surface area contributed by atoms with Crippen LogP contribution in [0.3, 0.4) is 0 Å². The maximum atomic E-state index is 10.1. The number of hydrogen-bond acceptors (Lipinski definition) is 3. The van der Waals surface area contributed by atoms with Gasteiger partial charge in [-0.2, -0.15) is 0 Å². The van der Waals surface area contributed by atoms with Crippen molar-refractivity contribution in [2.75, 3.05) is 13.1 Å². The third-order valence-electron chi connectivity index (χ3n) is 3.72. The highest BCUT2D eigenvalue weighted by molar-refractivity contribution is 5.24. The molecule has 1 rings (SSSR count). The Morgan fingerprint density at radius 3 is 2.38 bits per heavy atom. The van der Waals surface area contributed by atoms with Crippen LogP contribution in [0, 0.1) is 0 Å². The van der Waals surface area contributed by atoms with Crippen LogP contribution in [0.25, 0.3) is 0 Å². The van der Waals surface area contributed by atoms with Gasteiger partial charge in [-0.3, -0.25) is 0 Å². The Hall–Kier alpha value is -0.900. The molecule has 0 spiro atoms. The van der Waals surface area contributed by atoms with Crippen molar-refractivity contribution in [3.8, 4) is 0 Å².